The molecule has 0 aliphatic rings. The number of carbonyl (C=O) groups excluding carboxylic acids is 1. The Morgan fingerprint density at radius 3 is 2.58 bits per heavy atom. The zero-order chi connectivity index (χ0) is 13.8. The van der Waals surface area contributed by atoms with Crippen LogP contribution < -0.4 is 0 Å². The number of nitrogens with one attached hydrogen (secondary N) is 1. The summed E-state index contributed by atoms with van der Waals surface area (Å²) in [5.74, 6) is -0.208. The van der Waals surface area contributed by atoms with Crippen LogP contribution in [0, 0.1) is 5.82 Å². The highest BCUT2D eigenvalue weighted by atomic mass is 19.1. The first-order valence-corrected chi connectivity index (χ1v) is 6.17. The molecule has 0 aliphatic heterocycles. The van der Waals surface area contributed by atoms with Gasteiger partial charge in [0.05, 0.1) is 6.61 Å². The molecule has 1 heterocycles. The van der Waals surface area contributed by atoms with E-state index in [1.165, 1.54) is 12.1 Å². The first-order chi connectivity index (χ1) is 9.15. The van der Waals surface area contributed by atoms with Gasteiger partial charge in [0.1, 0.15) is 11.6 Å². The second-order valence-electron chi connectivity index (χ2n) is 3.99. The van der Waals surface area contributed by atoms with E-state index in [9.17, 15) is 9.18 Å². The zero-order valence-electron chi connectivity index (χ0n) is 10.9. The number of aryl methyl sites for hydroxylation is 1. The van der Waals surface area contributed by atoms with Crippen molar-refractivity contribution in [3.63, 3.8) is 0 Å². The quantitative estimate of drug-likeness (QED) is 0.862. The fourth-order valence-electron chi connectivity index (χ4n) is 1.78. The molecule has 0 unspecified atom stereocenters. The number of hydrogen-bond donors (Lipinski definition) is 1. The molecule has 1 N–H and O–H groups in total. The molecule has 0 saturated heterocycles. The number of imidazole rings is 1. The normalized spacial score (nSPS) is 10.5. The number of nitrogens with zero attached hydrogens (tertiary/aromatic N) is 1. The van der Waals surface area contributed by atoms with Gasteiger partial charge in [0.25, 0.3) is 0 Å². The number of ether oxygens (including phenoxy) is 1. The minimum Gasteiger partial charge on any atom is -0.461 e. The summed E-state index contributed by atoms with van der Waals surface area (Å²) >= 11 is 0. The number of rotatable bonds is 4. The van der Waals surface area contributed by atoms with Crippen molar-refractivity contribution in [2.45, 2.75) is 20.3 Å². The SMILES string of the molecule is CCOC(=O)c1nc(-c2ccc(F)cc2)[nH]c1CC. The van der Waals surface area contributed by atoms with E-state index >= 15 is 0 Å². The standard InChI is InChI=1S/C14H15FN2O2/c1-3-11-12(14(18)19-4-2)17-13(16-11)9-5-7-10(15)8-6-9/h5-8H,3-4H2,1-2H3,(H,16,17). The van der Waals surface area contributed by atoms with Gasteiger partial charge < -0.3 is 9.72 Å². The monoisotopic (exact) mass is 262 g/mol. The summed E-state index contributed by atoms with van der Waals surface area (Å²) in [4.78, 5) is 19.1. The van der Waals surface area contributed by atoms with Crippen molar-refractivity contribution in [3.8, 4) is 11.4 Å². The molecular formula is C14H15FN2O2. The summed E-state index contributed by atoms with van der Waals surface area (Å²) in [7, 11) is 0. The number of aromatic nitrogens is 2. The van der Waals surface area contributed by atoms with E-state index in [0.29, 0.717) is 24.5 Å². The van der Waals surface area contributed by atoms with E-state index in [0.717, 1.165) is 11.3 Å². The Hall–Kier alpha value is -2.17. The van der Waals surface area contributed by atoms with Crippen LogP contribution in [0.4, 0.5) is 4.39 Å². The highest BCUT2D eigenvalue weighted by molar-refractivity contribution is 5.89. The van der Waals surface area contributed by atoms with E-state index in [1.54, 1.807) is 19.1 Å². The zero-order valence-corrected chi connectivity index (χ0v) is 10.9. The number of halogens is 1. The number of aromatic amines is 1. The van der Waals surface area contributed by atoms with Crippen molar-refractivity contribution in [1.29, 1.82) is 0 Å². The number of carbonyl (C=O) groups is 1. The van der Waals surface area contributed by atoms with E-state index in [1.807, 2.05) is 6.92 Å². The van der Waals surface area contributed by atoms with Gasteiger partial charge >= 0.3 is 5.97 Å². The average Bonchev–Trinajstić information content (AvgIpc) is 2.84. The van der Waals surface area contributed by atoms with Crippen molar-refractivity contribution in [1.82, 2.24) is 9.97 Å². The summed E-state index contributed by atoms with van der Waals surface area (Å²) in [6, 6.07) is 5.94. The third-order valence-corrected chi connectivity index (χ3v) is 2.72. The molecule has 100 valence electrons. The fourth-order valence-corrected chi connectivity index (χ4v) is 1.78. The maximum absolute atomic E-state index is 12.9. The molecular weight excluding hydrogens is 247 g/mol. The predicted molar refractivity (Wildman–Crippen MR) is 69.3 cm³/mol. The van der Waals surface area contributed by atoms with Crippen LogP contribution in [0.25, 0.3) is 11.4 Å². The van der Waals surface area contributed by atoms with Crippen LogP contribution in [-0.4, -0.2) is 22.5 Å². The smallest absolute Gasteiger partial charge is 0.358 e. The van der Waals surface area contributed by atoms with Gasteiger partial charge in [0, 0.05) is 11.3 Å². The number of benzene rings is 1. The van der Waals surface area contributed by atoms with E-state index < -0.39 is 5.97 Å². The third kappa shape index (κ3) is 2.81. The highest BCUT2D eigenvalue weighted by Gasteiger charge is 2.18. The summed E-state index contributed by atoms with van der Waals surface area (Å²) in [5.41, 5.74) is 1.74. The molecule has 0 amide bonds. The largest absolute Gasteiger partial charge is 0.461 e. The Balaban J connectivity index is 2.38. The number of H-pyrrole nitrogens is 1. The molecule has 2 aromatic rings. The van der Waals surface area contributed by atoms with Crippen molar-refractivity contribution < 1.29 is 13.9 Å². The van der Waals surface area contributed by atoms with Crippen molar-refractivity contribution >= 4 is 5.97 Å². The van der Waals surface area contributed by atoms with Crippen molar-refractivity contribution in [2.75, 3.05) is 6.61 Å². The van der Waals surface area contributed by atoms with Gasteiger partial charge in [-0.1, -0.05) is 6.92 Å². The molecule has 0 saturated carbocycles. The van der Waals surface area contributed by atoms with Crippen LogP contribution >= 0.6 is 0 Å². The van der Waals surface area contributed by atoms with Gasteiger partial charge in [-0.05, 0) is 37.6 Å². The Morgan fingerprint density at radius 1 is 1.32 bits per heavy atom. The van der Waals surface area contributed by atoms with Gasteiger partial charge in [-0.2, -0.15) is 0 Å². The molecule has 1 aromatic heterocycles. The lowest BCUT2D eigenvalue weighted by atomic mass is 10.2. The second kappa shape index (κ2) is 5.65. The first-order valence-electron chi connectivity index (χ1n) is 6.17. The highest BCUT2D eigenvalue weighted by Crippen LogP contribution is 2.19. The molecule has 4 nitrogen and oxygen atoms in total. The summed E-state index contributed by atoms with van der Waals surface area (Å²) in [6.45, 7) is 3.97. The Morgan fingerprint density at radius 2 is 2.00 bits per heavy atom. The summed E-state index contributed by atoms with van der Waals surface area (Å²) in [5, 5.41) is 0. The first kappa shape index (κ1) is 13.3. The summed E-state index contributed by atoms with van der Waals surface area (Å²) in [6.07, 6.45) is 0.641. The number of hydrogen-bond acceptors (Lipinski definition) is 3. The molecule has 0 aliphatic carbocycles. The Kier molecular flexibility index (Phi) is 3.94. The average molecular weight is 262 g/mol. The summed E-state index contributed by atoms with van der Waals surface area (Å²) < 4.78 is 17.8. The molecule has 1 aromatic carbocycles. The van der Waals surface area contributed by atoms with E-state index in [-0.39, 0.29) is 5.82 Å². The maximum atomic E-state index is 12.9. The van der Waals surface area contributed by atoms with Crippen LogP contribution in [0.5, 0.6) is 0 Å². The molecule has 0 atom stereocenters. The lowest BCUT2D eigenvalue weighted by Gasteiger charge is -1.99. The third-order valence-electron chi connectivity index (χ3n) is 2.72. The van der Waals surface area contributed by atoms with Gasteiger partial charge in [-0.3, -0.25) is 0 Å². The lowest BCUT2D eigenvalue weighted by molar-refractivity contribution is 0.0519. The lowest BCUT2D eigenvalue weighted by Crippen LogP contribution is -2.07. The van der Waals surface area contributed by atoms with Gasteiger partial charge in [-0.15, -0.1) is 0 Å². The Bertz CT molecular complexity index is 576. The van der Waals surface area contributed by atoms with E-state index in [2.05, 4.69) is 9.97 Å². The van der Waals surface area contributed by atoms with E-state index in [4.69, 9.17) is 4.74 Å². The maximum Gasteiger partial charge on any atom is 0.358 e. The van der Waals surface area contributed by atoms with Crippen LogP contribution in [0.15, 0.2) is 24.3 Å². The van der Waals surface area contributed by atoms with Crippen molar-refractivity contribution in [2.24, 2.45) is 0 Å². The molecule has 2 rings (SSSR count). The van der Waals surface area contributed by atoms with Crippen LogP contribution in [0.1, 0.15) is 30.0 Å². The minimum atomic E-state index is -0.441. The molecule has 19 heavy (non-hydrogen) atoms. The molecule has 0 spiro atoms. The predicted octanol–water partition coefficient (Wildman–Crippen LogP) is 2.95. The van der Waals surface area contributed by atoms with Gasteiger partial charge in [-0.25, -0.2) is 14.2 Å². The topological polar surface area (TPSA) is 55.0 Å². The van der Waals surface area contributed by atoms with Gasteiger partial charge in [0.15, 0.2) is 5.69 Å². The van der Waals surface area contributed by atoms with Crippen molar-refractivity contribution in [3.05, 3.63) is 41.5 Å². The minimum absolute atomic E-state index is 0.295. The van der Waals surface area contributed by atoms with Crippen LogP contribution in [0.2, 0.25) is 0 Å². The van der Waals surface area contributed by atoms with Gasteiger partial charge in [0.2, 0.25) is 0 Å². The molecule has 5 heteroatoms. The molecule has 0 radical (unpaired) electrons. The van der Waals surface area contributed by atoms with Crippen LogP contribution in [-0.2, 0) is 11.2 Å². The molecule has 0 fully saturated rings. The Labute approximate surface area is 110 Å². The second-order valence-corrected chi connectivity index (χ2v) is 3.99. The van der Waals surface area contributed by atoms with Crippen LogP contribution in [0.3, 0.4) is 0 Å². The number of esters is 1. The fraction of sp³-hybridized carbons (Fsp3) is 0.286. The molecule has 0 bridgehead atoms.